The van der Waals surface area contributed by atoms with E-state index in [1.165, 1.54) is 18.2 Å². The molecule has 2 heterocycles. The molecular formula is C18H15F3N4O2. The van der Waals surface area contributed by atoms with Crippen LogP contribution in [-0.2, 0) is 12.7 Å². The molecule has 2 amide bonds. The molecule has 0 atom stereocenters. The van der Waals surface area contributed by atoms with E-state index in [4.69, 9.17) is 4.42 Å². The van der Waals surface area contributed by atoms with Crippen molar-refractivity contribution in [3.63, 3.8) is 0 Å². The van der Waals surface area contributed by atoms with E-state index >= 15 is 0 Å². The Hall–Kier alpha value is -3.10. The van der Waals surface area contributed by atoms with Crippen molar-refractivity contribution >= 4 is 22.8 Å². The van der Waals surface area contributed by atoms with E-state index in [2.05, 4.69) is 15.3 Å². The number of benzene rings is 1. The standard InChI is InChI=1S/C18H15F3N4O2/c19-18(20,21)16-24-14-9-11(4-7-15(14)27-16)23-17(26)25(13-5-6-13)10-12-3-1-2-8-22-12/h1-4,7-9,13H,5-6,10H2,(H,23,26). The number of nitrogens with one attached hydrogen (secondary N) is 1. The molecule has 1 aliphatic carbocycles. The summed E-state index contributed by atoms with van der Waals surface area (Å²) in [5.41, 5.74) is 1.15. The first-order valence-corrected chi connectivity index (χ1v) is 8.35. The van der Waals surface area contributed by atoms with Gasteiger partial charge in [-0.1, -0.05) is 6.07 Å². The Balaban J connectivity index is 1.52. The Kier molecular flexibility index (Phi) is 4.21. The van der Waals surface area contributed by atoms with Gasteiger partial charge < -0.3 is 14.6 Å². The molecule has 6 nitrogen and oxygen atoms in total. The lowest BCUT2D eigenvalue weighted by Crippen LogP contribution is -2.36. The van der Waals surface area contributed by atoms with Crippen molar-refractivity contribution in [2.24, 2.45) is 0 Å². The summed E-state index contributed by atoms with van der Waals surface area (Å²) in [6.45, 7) is 0.363. The van der Waals surface area contributed by atoms with Crippen LogP contribution in [0.3, 0.4) is 0 Å². The number of hydrogen-bond donors (Lipinski definition) is 1. The number of nitrogens with zero attached hydrogens (tertiary/aromatic N) is 3. The van der Waals surface area contributed by atoms with Crippen LogP contribution in [0, 0.1) is 0 Å². The number of oxazole rings is 1. The number of amides is 2. The minimum atomic E-state index is -4.66. The summed E-state index contributed by atoms with van der Waals surface area (Å²) >= 11 is 0. The first-order chi connectivity index (χ1) is 12.9. The number of carbonyl (C=O) groups is 1. The van der Waals surface area contributed by atoms with Gasteiger partial charge in [0.25, 0.3) is 0 Å². The van der Waals surface area contributed by atoms with E-state index in [1.54, 1.807) is 17.2 Å². The number of hydrogen-bond acceptors (Lipinski definition) is 4. The topological polar surface area (TPSA) is 71.3 Å². The average molecular weight is 376 g/mol. The molecule has 0 radical (unpaired) electrons. The number of pyridine rings is 1. The summed E-state index contributed by atoms with van der Waals surface area (Å²) in [6, 6.07) is 9.49. The second kappa shape index (κ2) is 6.57. The first kappa shape index (κ1) is 17.3. The maximum absolute atomic E-state index is 12.7. The van der Waals surface area contributed by atoms with Gasteiger partial charge in [-0.15, -0.1) is 0 Å². The van der Waals surface area contributed by atoms with Gasteiger partial charge in [0.2, 0.25) is 0 Å². The molecule has 1 saturated carbocycles. The molecule has 27 heavy (non-hydrogen) atoms. The number of halogens is 3. The molecule has 1 N–H and O–H groups in total. The van der Waals surface area contributed by atoms with Crippen LogP contribution >= 0.6 is 0 Å². The zero-order valence-electron chi connectivity index (χ0n) is 14.0. The average Bonchev–Trinajstić information content (AvgIpc) is 3.37. The summed E-state index contributed by atoms with van der Waals surface area (Å²) in [5.74, 6) is -1.31. The Bertz CT molecular complexity index is 968. The summed E-state index contributed by atoms with van der Waals surface area (Å²) in [7, 11) is 0. The molecule has 1 aliphatic rings. The van der Waals surface area contributed by atoms with Gasteiger partial charge >= 0.3 is 18.1 Å². The van der Waals surface area contributed by atoms with E-state index in [0.29, 0.717) is 12.2 Å². The molecule has 0 spiro atoms. The van der Waals surface area contributed by atoms with E-state index in [9.17, 15) is 18.0 Å². The molecule has 1 aromatic carbocycles. The largest absolute Gasteiger partial charge is 0.468 e. The summed E-state index contributed by atoms with van der Waals surface area (Å²) in [5, 5.41) is 2.72. The Labute approximate surface area is 152 Å². The van der Waals surface area contributed by atoms with Crippen LogP contribution in [-0.4, -0.2) is 26.9 Å². The van der Waals surface area contributed by atoms with E-state index in [1.807, 2.05) is 12.1 Å². The number of anilines is 1. The van der Waals surface area contributed by atoms with Crippen molar-refractivity contribution in [1.29, 1.82) is 0 Å². The van der Waals surface area contributed by atoms with Gasteiger partial charge in [0, 0.05) is 17.9 Å². The highest BCUT2D eigenvalue weighted by molar-refractivity contribution is 5.92. The van der Waals surface area contributed by atoms with E-state index in [-0.39, 0.29) is 23.2 Å². The number of rotatable bonds is 4. The quantitative estimate of drug-likeness (QED) is 0.731. The van der Waals surface area contributed by atoms with Crippen molar-refractivity contribution in [3.8, 4) is 0 Å². The van der Waals surface area contributed by atoms with E-state index < -0.39 is 12.1 Å². The molecule has 140 valence electrons. The van der Waals surface area contributed by atoms with Gasteiger partial charge in [0.05, 0.1) is 12.2 Å². The summed E-state index contributed by atoms with van der Waals surface area (Å²) in [4.78, 5) is 22.0. The number of urea groups is 1. The fourth-order valence-electron chi connectivity index (χ4n) is 2.74. The Morgan fingerprint density at radius 2 is 2.07 bits per heavy atom. The molecule has 3 aromatic rings. The lowest BCUT2D eigenvalue weighted by molar-refractivity contribution is -0.156. The van der Waals surface area contributed by atoms with Crippen LogP contribution < -0.4 is 5.32 Å². The summed E-state index contributed by atoms with van der Waals surface area (Å²) in [6.07, 6.45) is -1.17. The van der Waals surface area contributed by atoms with Crippen molar-refractivity contribution < 1.29 is 22.4 Å². The molecule has 2 aromatic heterocycles. The fourth-order valence-corrected chi connectivity index (χ4v) is 2.74. The smallest absolute Gasteiger partial charge is 0.433 e. The van der Waals surface area contributed by atoms with Crippen molar-refractivity contribution in [2.75, 3.05) is 5.32 Å². The van der Waals surface area contributed by atoms with Crippen LogP contribution in [0.2, 0.25) is 0 Å². The zero-order valence-corrected chi connectivity index (χ0v) is 14.0. The molecule has 9 heteroatoms. The van der Waals surface area contributed by atoms with Crippen LogP contribution in [0.5, 0.6) is 0 Å². The van der Waals surface area contributed by atoms with Crippen molar-refractivity contribution in [1.82, 2.24) is 14.9 Å². The maximum atomic E-state index is 12.7. The molecular weight excluding hydrogens is 361 g/mol. The highest BCUT2D eigenvalue weighted by Crippen LogP contribution is 2.32. The van der Waals surface area contributed by atoms with Gasteiger partial charge in [-0.3, -0.25) is 4.98 Å². The zero-order chi connectivity index (χ0) is 19.0. The SMILES string of the molecule is O=C(Nc1ccc2oc(C(F)(F)F)nc2c1)N(Cc1ccccn1)C1CC1. The second-order valence-electron chi connectivity index (χ2n) is 6.31. The first-order valence-electron chi connectivity index (χ1n) is 8.35. The fraction of sp³-hybridized carbons (Fsp3) is 0.278. The van der Waals surface area contributed by atoms with Gasteiger partial charge in [0.1, 0.15) is 5.52 Å². The monoisotopic (exact) mass is 376 g/mol. The number of carbonyl (C=O) groups excluding carboxylic acids is 1. The molecule has 0 unspecified atom stereocenters. The van der Waals surface area contributed by atoms with Crippen molar-refractivity contribution in [2.45, 2.75) is 31.6 Å². The maximum Gasteiger partial charge on any atom is 0.468 e. The number of aromatic nitrogens is 2. The molecule has 0 saturated heterocycles. The third kappa shape index (κ3) is 3.86. The second-order valence-corrected chi connectivity index (χ2v) is 6.31. The van der Waals surface area contributed by atoms with Crippen LogP contribution in [0.1, 0.15) is 24.4 Å². The highest BCUT2D eigenvalue weighted by Gasteiger charge is 2.37. The molecule has 0 bridgehead atoms. The summed E-state index contributed by atoms with van der Waals surface area (Å²) < 4.78 is 42.8. The van der Waals surface area contributed by atoms with Gasteiger partial charge in [-0.2, -0.15) is 13.2 Å². The van der Waals surface area contributed by atoms with Crippen LogP contribution in [0.25, 0.3) is 11.1 Å². The normalized spacial score (nSPS) is 14.3. The highest BCUT2D eigenvalue weighted by atomic mass is 19.4. The van der Waals surface area contributed by atoms with Crippen molar-refractivity contribution in [3.05, 3.63) is 54.2 Å². The number of alkyl halides is 3. The van der Waals surface area contributed by atoms with Gasteiger partial charge in [-0.25, -0.2) is 9.78 Å². The Morgan fingerprint density at radius 3 is 2.74 bits per heavy atom. The lowest BCUT2D eigenvalue weighted by Gasteiger charge is -2.22. The molecule has 0 aliphatic heterocycles. The lowest BCUT2D eigenvalue weighted by atomic mass is 10.3. The third-order valence-electron chi connectivity index (χ3n) is 4.19. The van der Waals surface area contributed by atoms with Crippen LogP contribution in [0.15, 0.2) is 47.0 Å². The van der Waals surface area contributed by atoms with E-state index in [0.717, 1.165) is 18.5 Å². The third-order valence-corrected chi connectivity index (χ3v) is 4.19. The molecule has 1 fully saturated rings. The minimum Gasteiger partial charge on any atom is -0.433 e. The van der Waals surface area contributed by atoms with Crippen LogP contribution in [0.4, 0.5) is 23.7 Å². The minimum absolute atomic E-state index is 0.00728. The predicted molar refractivity (Wildman–Crippen MR) is 90.8 cm³/mol. The predicted octanol–water partition coefficient (Wildman–Crippen LogP) is 4.44. The molecule has 4 rings (SSSR count). The number of fused-ring (bicyclic) bond motifs is 1. The van der Waals surface area contributed by atoms with Gasteiger partial charge in [-0.05, 0) is 43.2 Å². The Morgan fingerprint density at radius 1 is 1.26 bits per heavy atom. The van der Waals surface area contributed by atoms with Gasteiger partial charge in [0.15, 0.2) is 5.58 Å².